The number of hydrogen-bond donors (Lipinski definition) is 1. The monoisotopic (exact) mass is 263 g/mol. The first-order valence-electron chi connectivity index (χ1n) is 6.85. The summed E-state index contributed by atoms with van der Waals surface area (Å²) in [7, 11) is 1.64. The average Bonchev–Trinajstić information content (AvgIpc) is 2.86. The van der Waals surface area contributed by atoms with Crippen LogP contribution in [-0.4, -0.2) is 18.8 Å². The molecule has 3 rings (SSSR count). The fourth-order valence-electron chi connectivity index (χ4n) is 3.01. The topological polar surface area (TPSA) is 39.7 Å². The van der Waals surface area contributed by atoms with Crippen molar-refractivity contribution in [3.63, 3.8) is 0 Å². The molecule has 0 spiro atoms. The molecule has 2 aliphatic heterocycles. The lowest BCUT2D eigenvalue weighted by Crippen LogP contribution is -2.29. The number of rotatable bonds is 3. The van der Waals surface area contributed by atoms with E-state index in [9.17, 15) is 0 Å². The summed E-state index contributed by atoms with van der Waals surface area (Å²) in [4.78, 5) is 5.10. The van der Waals surface area contributed by atoms with Crippen molar-refractivity contribution in [1.82, 2.24) is 5.48 Å². The van der Waals surface area contributed by atoms with Crippen LogP contribution < -0.4 is 15.0 Å². The summed E-state index contributed by atoms with van der Waals surface area (Å²) in [6.07, 6.45) is 1.94. The second kappa shape index (κ2) is 4.39. The molecular formula is C15H21NO3. The van der Waals surface area contributed by atoms with E-state index in [-0.39, 0.29) is 17.7 Å². The Balaban J connectivity index is 2.01. The van der Waals surface area contributed by atoms with Crippen LogP contribution in [0.25, 0.3) is 0 Å². The Hall–Kier alpha value is -1.26. The standard InChI is InChI=1S/C15H21NO3/c1-5-11-12(16-17-4)10-7-6-9-8-15(2,3)19-13(9)14(10)18-11/h6-7,11-12,16H,5,8H2,1-4H3. The smallest absolute Gasteiger partial charge is 0.167 e. The molecule has 4 nitrogen and oxygen atoms in total. The fourth-order valence-corrected chi connectivity index (χ4v) is 3.01. The van der Waals surface area contributed by atoms with Gasteiger partial charge in [0.2, 0.25) is 0 Å². The molecule has 0 radical (unpaired) electrons. The van der Waals surface area contributed by atoms with E-state index in [1.165, 1.54) is 5.56 Å². The molecule has 1 N–H and O–H groups in total. The normalized spacial score (nSPS) is 26.5. The van der Waals surface area contributed by atoms with Crippen LogP contribution in [0.3, 0.4) is 0 Å². The molecule has 104 valence electrons. The van der Waals surface area contributed by atoms with Crippen molar-refractivity contribution in [2.24, 2.45) is 0 Å². The SMILES string of the molecule is CCC1Oc2c(ccc3c2OC(C)(C)C3)C1NOC. The number of ether oxygens (including phenoxy) is 2. The number of hydroxylamine groups is 1. The Morgan fingerprint density at radius 3 is 2.84 bits per heavy atom. The van der Waals surface area contributed by atoms with E-state index in [1.807, 2.05) is 0 Å². The Bertz CT molecular complexity index is 498. The molecule has 0 amide bonds. The minimum Gasteiger partial charge on any atom is -0.484 e. The lowest BCUT2D eigenvalue weighted by molar-refractivity contribution is 0.0276. The number of hydrogen-bond acceptors (Lipinski definition) is 4. The molecule has 0 bridgehead atoms. The number of nitrogens with one attached hydrogen (secondary N) is 1. The molecule has 0 saturated heterocycles. The zero-order valence-corrected chi connectivity index (χ0v) is 11.9. The van der Waals surface area contributed by atoms with Gasteiger partial charge in [-0.25, -0.2) is 0 Å². The van der Waals surface area contributed by atoms with Crippen molar-refractivity contribution in [2.75, 3.05) is 7.11 Å². The van der Waals surface area contributed by atoms with Crippen molar-refractivity contribution in [3.8, 4) is 11.5 Å². The van der Waals surface area contributed by atoms with Crippen LogP contribution in [0, 0.1) is 0 Å². The Kier molecular flexibility index (Phi) is 2.95. The van der Waals surface area contributed by atoms with Crippen molar-refractivity contribution in [1.29, 1.82) is 0 Å². The Morgan fingerprint density at radius 2 is 2.16 bits per heavy atom. The first-order chi connectivity index (χ1) is 9.05. The van der Waals surface area contributed by atoms with E-state index in [1.54, 1.807) is 7.11 Å². The van der Waals surface area contributed by atoms with Gasteiger partial charge in [-0.1, -0.05) is 19.1 Å². The summed E-state index contributed by atoms with van der Waals surface area (Å²) in [5, 5.41) is 0. The molecule has 0 aromatic heterocycles. The third kappa shape index (κ3) is 1.99. The lowest BCUT2D eigenvalue weighted by Gasteiger charge is -2.18. The van der Waals surface area contributed by atoms with Crippen LogP contribution in [0.1, 0.15) is 44.4 Å². The molecule has 0 fully saturated rings. The van der Waals surface area contributed by atoms with Crippen LogP contribution >= 0.6 is 0 Å². The van der Waals surface area contributed by atoms with E-state index in [0.29, 0.717) is 0 Å². The van der Waals surface area contributed by atoms with Gasteiger partial charge in [0.15, 0.2) is 11.5 Å². The van der Waals surface area contributed by atoms with Crippen molar-refractivity contribution in [3.05, 3.63) is 23.3 Å². The molecule has 2 aliphatic rings. The van der Waals surface area contributed by atoms with E-state index >= 15 is 0 Å². The molecule has 1 aromatic carbocycles. The first-order valence-corrected chi connectivity index (χ1v) is 6.85. The average molecular weight is 263 g/mol. The maximum atomic E-state index is 6.09. The number of fused-ring (bicyclic) bond motifs is 3. The van der Waals surface area contributed by atoms with E-state index in [4.69, 9.17) is 14.3 Å². The lowest BCUT2D eigenvalue weighted by atomic mass is 9.98. The zero-order valence-electron chi connectivity index (χ0n) is 11.9. The molecule has 2 unspecified atom stereocenters. The van der Waals surface area contributed by atoms with Gasteiger partial charge in [-0.15, -0.1) is 0 Å². The maximum Gasteiger partial charge on any atom is 0.167 e. The van der Waals surface area contributed by atoms with Gasteiger partial charge in [0.05, 0.1) is 13.2 Å². The molecule has 1 aromatic rings. The highest BCUT2D eigenvalue weighted by Gasteiger charge is 2.40. The van der Waals surface area contributed by atoms with E-state index in [0.717, 1.165) is 29.9 Å². The van der Waals surface area contributed by atoms with Gasteiger partial charge in [-0.05, 0) is 20.3 Å². The third-order valence-electron chi connectivity index (χ3n) is 3.84. The molecule has 0 saturated carbocycles. The van der Waals surface area contributed by atoms with Crippen molar-refractivity contribution < 1.29 is 14.3 Å². The van der Waals surface area contributed by atoms with Gasteiger partial charge in [0.1, 0.15) is 11.7 Å². The molecule has 19 heavy (non-hydrogen) atoms. The van der Waals surface area contributed by atoms with Crippen molar-refractivity contribution >= 4 is 0 Å². The summed E-state index contributed by atoms with van der Waals surface area (Å²) in [6, 6.07) is 4.35. The molecule has 2 heterocycles. The van der Waals surface area contributed by atoms with Crippen LogP contribution in [0.15, 0.2) is 12.1 Å². The minimum atomic E-state index is -0.144. The largest absolute Gasteiger partial charge is 0.484 e. The van der Waals surface area contributed by atoms with Gasteiger partial charge < -0.3 is 14.3 Å². The molecule has 4 heteroatoms. The quantitative estimate of drug-likeness (QED) is 0.851. The highest BCUT2D eigenvalue weighted by Crippen LogP contribution is 2.50. The van der Waals surface area contributed by atoms with Crippen LogP contribution in [0.4, 0.5) is 0 Å². The van der Waals surface area contributed by atoms with Crippen molar-refractivity contribution in [2.45, 2.75) is 51.4 Å². The van der Waals surface area contributed by atoms with Gasteiger partial charge in [0.25, 0.3) is 0 Å². The van der Waals surface area contributed by atoms with Gasteiger partial charge in [-0.2, -0.15) is 5.48 Å². The molecule has 2 atom stereocenters. The van der Waals surface area contributed by atoms with Gasteiger partial charge >= 0.3 is 0 Å². The Labute approximate surface area is 114 Å². The summed E-state index contributed by atoms with van der Waals surface area (Å²) in [6.45, 7) is 6.33. The molecule has 0 aliphatic carbocycles. The highest BCUT2D eigenvalue weighted by molar-refractivity contribution is 5.57. The zero-order chi connectivity index (χ0) is 13.6. The predicted octanol–water partition coefficient (Wildman–Crippen LogP) is 2.76. The second-order valence-corrected chi connectivity index (χ2v) is 5.87. The van der Waals surface area contributed by atoms with Gasteiger partial charge in [0, 0.05) is 17.5 Å². The third-order valence-corrected chi connectivity index (χ3v) is 3.84. The number of benzene rings is 1. The summed E-state index contributed by atoms with van der Waals surface area (Å²) in [5.41, 5.74) is 5.25. The second-order valence-electron chi connectivity index (χ2n) is 5.87. The minimum absolute atomic E-state index is 0.0719. The predicted molar refractivity (Wildman–Crippen MR) is 72.4 cm³/mol. The summed E-state index contributed by atoms with van der Waals surface area (Å²) < 4.78 is 12.2. The Morgan fingerprint density at radius 1 is 1.37 bits per heavy atom. The summed E-state index contributed by atoms with van der Waals surface area (Å²) >= 11 is 0. The molecular weight excluding hydrogens is 242 g/mol. The highest BCUT2D eigenvalue weighted by atomic mass is 16.6. The van der Waals surface area contributed by atoms with E-state index in [2.05, 4.69) is 38.4 Å². The van der Waals surface area contributed by atoms with Crippen LogP contribution in [0.5, 0.6) is 11.5 Å². The maximum absolute atomic E-state index is 6.09. The summed E-state index contributed by atoms with van der Waals surface area (Å²) in [5.74, 6) is 1.81. The van der Waals surface area contributed by atoms with E-state index < -0.39 is 0 Å². The fraction of sp³-hybridized carbons (Fsp3) is 0.600. The first kappa shape index (κ1) is 12.8. The van der Waals surface area contributed by atoms with Crippen LogP contribution in [0.2, 0.25) is 0 Å². The van der Waals surface area contributed by atoms with Crippen LogP contribution in [-0.2, 0) is 11.3 Å². The van der Waals surface area contributed by atoms with Gasteiger partial charge in [-0.3, -0.25) is 0 Å².